The van der Waals surface area contributed by atoms with Crippen molar-refractivity contribution in [1.29, 1.82) is 0 Å². The van der Waals surface area contributed by atoms with E-state index in [-0.39, 0.29) is 30.2 Å². The molecule has 2 heterocycles. The molecule has 3 aliphatic rings. The normalized spacial score (nSPS) is 28.2. The lowest BCUT2D eigenvalue weighted by atomic mass is 9.70. The van der Waals surface area contributed by atoms with E-state index < -0.39 is 18.2 Å². The highest BCUT2D eigenvalue weighted by atomic mass is 16.3. The van der Waals surface area contributed by atoms with Gasteiger partial charge in [-0.2, -0.15) is 0 Å². The third-order valence-corrected chi connectivity index (χ3v) is 6.79. The number of nitrogens with one attached hydrogen (secondary N) is 1. The largest absolute Gasteiger partial charge is 0.391 e. The van der Waals surface area contributed by atoms with E-state index in [0.717, 1.165) is 44.2 Å². The zero-order valence-corrected chi connectivity index (χ0v) is 16.8. The van der Waals surface area contributed by atoms with Crippen LogP contribution in [0.3, 0.4) is 0 Å². The minimum absolute atomic E-state index is 0.123. The highest BCUT2D eigenvalue weighted by Gasteiger charge is 2.48. The van der Waals surface area contributed by atoms with Crippen LogP contribution in [-0.2, 0) is 9.59 Å². The van der Waals surface area contributed by atoms with E-state index in [9.17, 15) is 14.7 Å². The molecular weight excluding hydrogens is 358 g/mol. The Hall–Kier alpha value is -1.96. The van der Waals surface area contributed by atoms with Crippen molar-refractivity contribution in [3.8, 4) is 0 Å². The van der Waals surface area contributed by atoms with Gasteiger partial charge in [0.05, 0.1) is 11.8 Å². The fourth-order valence-electron chi connectivity index (χ4n) is 4.98. The van der Waals surface area contributed by atoms with Gasteiger partial charge in [0.2, 0.25) is 11.8 Å². The number of aliphatic hydroxyl groups excluding tert-OH is 1. The molecule has 8 heteroatoms. The van der Waals surface area contributed by atoms with Crippen molar-refractivity contribution in [2.45, 2.75) is 82.4 Å². The molecule has 154 valence electrons. The Morgan fingerprint density at radius 2 is 2.00 bits per heavy atom. The summed E-state index contributed by atoms with van der Waals surface area (Å²) in [6.45, 7) is 2.35. The topological polar surface area (TPSA) is 100 Å². The van der Waals surface area contributed by atoms with Gasteiger partial charge >= 0.3 is 0 Å². The zero-order chi connectivity index (χ0) is 19.9. The van der Waals surface area contributed by atoms with E-state index in [4.69, 9.17) is 0 Å². The van der Waals surface area contributed by atoms with Crippen molar-refractivity contribution in [2.75, 3.05) is 13.6 Å². The molecule has 3 fully saturated rings. The number of rotatable bonds is 5. The first-order chi connectivity index (χ1) is 13.4. The maximum atomic E-state index is 13.8. The quantitative estimate of drug-likeness (QED) is 0.792. The number of nitrogens with zero attached hydrogens (tertiary/aromatic N) is 4. The molecule has 1 aromatic heterocycles. The average Bonchev–Trinajstić information content (AvgIpc) is 3.29. The number of hydrogen-bond acceptors (Lipinski definition) is 5. The van der Waals surface area contributed by atoms with Gasteiger partial charge in [0, 0.05) is 32.1 Å². The molecule has 2 aliphatic carbocycles. The first kappa shape index (κ1) is 19.4. The van der Waals surface area contributed by atoms with Crippen LogP contribution in [0.25, 0.3) is 0 Å². The van der Waals surface area contributed by atoms with E-state index >= 15 is 0 Å². The first-order valence-corrected chi connectivity index (χ1v) is 10.5. The highest BCUT2D eigenvalue weighted by molar-refractivity contribution is 5.90. The second kappa shape index (κ2) is 7.46. The number of likely N-dealkylation sites (tertiary alicyclic amines) is 1. The maximum Gasteiger partial charge on any atom is 0.248 e. The van der Waals surface area contributed by atoms with Gasteiger partial charge in [0.25, 0.3) is 0 Å². The molecule has 0 spiro atoms. The Morgan fingerprint density at radius 1 is 1.29 bits per heavy atom. The van der Waals surface area contributed by atoms with Gasteiger partial charge in [0.1, 0.15) is 12.1 Å². The van der Waals surface area contributed by atoms with Gasteiger partial charge in [-0.25, -0.2) is 4.68 Å². The molecule has 3 atom stereocenters. The number of aliphatic hydroxyl groups is 1. The van der Waals surface area contributed by atoms with Crippen LogP contribution >= 0.6 is 0 Å². The van der Waals surface area contributed by atoms with Crippen molar-refractivity contribution >= 4 is 11.8 Å². The standard InChI is InChI=1S/C20H31N5O3/c1-20(8-4-3-5-9-20)17(25-12-15(22-23-25)13-6-7-13)19(28)24-11-14(26)10-16(24)18(27)21-2/h12-14,16-17,26H,3-11H2,1-2H3,(H,21,27). The number of aromatic nitrogens is 3. The SMILES string of the molecule is CNC(=O)C1CC(O)CN1C(=O)C(n1cc(C2CC2)nn1)C1(C)CCCCC1. The van der Waals surface area contributed by atoms with E-state index in [1.165, 1.54) is 6.42 Å². The summed E-state index contributed by atoms with van der Waals surface area (Å²) in [4.78, 5) is 27.7. The van der Waals surface area contributed by atoms with Crippen molar-refractivity contribution < 1.29 is 14.7 Å². The molecule has 2 amide bonds. The second-order valence-corrected chi connectivity index (χ2v) is 9.03. The van der Waals surface area contributed by atoms with Crippen LogP contribution in [0, 0.1) is 5.41 Å². The van der Waals surface area contributed by atoms with Gasteiger partial charge in [-0.05, 0) is 31.1 Å². The van der Waals surface area contributed by atoms with Crippen LogP contribution in [0.5, 0.6) is 0 Å². The number of carbonyl (C=O) groups is 2. The molecular formula is C20H31N5O3. The molecule has 1 aliphatic heterocycles. The molecule has 0 aromatic carbocycles. The molecule has 2 N–H and O–H groups in total. The summed E-state index contributed by atoms with van der Waals surface area (Å²) in [5.41, 5.74) is 0.728. The molecule has 4 rings (SSSR count). The van der Waals surface area contributed by atoms with E-state index in [0.29, 0.717) is 5.92 Å². The summed E-state index contributed by atoms with van der Waals surface area (Å²) in [5.74, 6) is 0.118. The fourth-order valence-corrected chi connectivity index (χ4v) is 4.98. The Balaban J connectivity index is 1.67. The van der Waals surface area contributed by atoms with E-state index in [1.54, 1.807) is 16.6 Å². The van der Waals surface area contributed by atoms with Crippen LogP contribution in [0.2, 0.25) is 0 Å². The number of amides is 2. The number of likely N-dealkylation sites (N-methyl/N-ethyl adjacent to an activating group) is 1. The molecule has 8 nitrogen and oxygen atoms in total. The van der Waals surface area contributed by atoms with Crippen LogP contribution in [0.4, 0.5) is 0 Å². The Morgan fingerprint density at radius 3 is 2.64 bits per heavy atom. The summed E-state index contributed by atoms with van der Waals surface area (Å²) < 4.78 is 1.74. The monoisotopic (exact) mass is 389 g/mol. The summed E-state index contributed by atoms with van der Waals surface area (Å²) in [6, 6.07) is -1.13. The predicted octanol–water partition coefficient (Wildman–Crippen LogP) is 1.37. The smallest absolute Gasteiger partial charge is 0.248 e. The van der Waals surface area contributed by atoms with E-state index in [1.807, 2.05) is 6.20 Å². The predicted molar refractivity (Wildman–Crippen MR) is 102 cm³/mol. The Kier molecular flexibility index (Phi) is 5.16. The fraction of sp³-hybridized carbons (Fsp3) is 0.800. The van der Waals surface area contributed by atoms with Gasteiger partial charge in [0.15, 0.2) is 0 Å². The summed E-state index contributed by atoms with van der Waals surface area (Å²) >= 11 is 0. The van der Waals surface area contributed by atoms with Gasteiger partial charge < -0.3 is 15.3 Å². The molecule has 1 aromatic rings. The zero-order valence-electron chi connectivity index (χ0n) is 16.8. The Labute approximate surface area is 165 Å². The first-order valence-electron chi connectivity index (χ1n) is 10.5. The van der Waals surface area contributed by atoms with Crippen LogP contribution in [0.1, 0.15) is 75.9 Å². The van der Waals surface area contributed by atoms with Crippen molar-refractivity contribution in [3.05, 3.63) is 11.9 Å². The number of β-amino-alcohol motifs (C(OH)–C–C–N with tert-alkyl or cyclic N) is 1. The maximum absolute atomic E-state index is 13.8. The van der Waals surface area contributed by atoms with Crippen molar-refractivity contribution in [3.63, 3.8) is 0 Å². The minimum atomic E-state index is -0.677. The lowest BCUT2D eigenvalue weighted by molar-refractivity contribution is -0.145. The van der Waals surface area contributed by atoms with Crippen molar-refractivity contribution in [1.82, 2.24) is 25.2 Å². The molecule has 28 heavy (non-hydrogen) atoms. The number of carbonyl (C=O) groups excluding carboxylic acids is 2. The molecule has 1 saturated heterocycles. The molecule has 3 unspecified atom stereocenters. The average molecular weight is 390 g/mol. The summed E-state index contributed by atoms with van der Waals surface area (Å²) in [7, 11) is 1.56. The summed E-state index contributed by atoms with van der Waals surface area (Å²) in [6.07, 6.45) is 9.05. The summed E-state index contributed by atoms with van der Waals surface area (Å²) in [5, 5.41) is 21.5. The lowest BCUT2D eigenvalue weighted by Gasteiger charge is -2.41. The minimum Gasteiger partial charge on any atom is -0.391 e. The second-order valence-electron chi connectivity index (χ2n) is 9.03. The van der Waals surface area contributed by atoms with E-state index in [2.05, 4.69) is 22.6 Å². The highest BCUT2D eigenvalue weighted by Crippen LogP contribution is 2.46. The third kappa shape index (κ3) is 3.54. The number of hydrogen-bond donors (Lipinski definition) is 2. The lowest BCUT2D eigenvalue weighted by Crippen LogP contribution is -2.51. The molecule has 0 bridgehead atoms. The third-order valence-electron chi connectivity index (χ3n) is 6.79. The van der Waals surface area contributed by atoms with Crippen LogP contribution in [0.15, 0.2) is 6.20 Å². The van der Waals surface area contributed by atoms with Gasteiger partial charge in [-0.3, -0.25) is 9.59 Å². The molecule has 0 radical (unpaired) electrons. The van der Waals surface area contributed by atoms with Gasteiger partial charge in [-0.1, -0.05) is 31.4 Å². The Bertz CT molecular complexity index is 738. The van der Waals surface area contributed by atoms with Gasteiger partial charge in [-0.15, -0.1) is 5.10 Å². The van der Waals surface area contributed by atoms with Crippen LogP contribution in [-0.4, -0.2) is 62.6 Å². The molecule has 2 saturated carbocycles. The van der Waals surface area contributed by atoms with Crippen LogP contribution < -0.4 is 5.32 Å². The van der Waals surface area contributed by atoms with Crippen molar-refractivity contribution in [2.24, 2.45) is 5.41 Å².